The number of hydrazine groups is 1. The molecule has 0 spiro atoms. The van der Waals surface area contributed by atoms with Crippen molar-refractivity contribution in [1.82, 2.24) is 9.99 Å². The molecule has 0 saturated carbocycles. The van der Waals surface area contributed by atoms with E-state index in [1.165, 1.54) is 11.1 Å². The Morgan fingerprint density at radius 3 is 2.46 bits per heavy atom. The molecule has 7 heteroatoms. The number of nitrogens with zero attached hydrogens (tertiary/aromatic N) is 2. The Bertz CT molecular complexity index is 1130. The lowest BCUT2D eigenvalue weighted by Crippen LogP contribution is -2.35. The molecule has 7 nitrogen and oxygen atoms in total. The number of amides is 2. The fourth-order valence-corrected chi connectivity index (χ4v) is 3.26. The van der Waals surface area contributed by atoms with Gasteiger partial charge in [0.05, 0.1) is 5.69 Å². The van der Waals surface area contributed by atoms with Crippen molar-refractivity contribution in [3.63, 3.8) is 0 Å². The number of rotatable bonds is 4. The van der Waals surface area contributed by atoms with E-state index in [9.17, 15) is 19.5 Å². The van der Waals surface area contributed by atoms with Crippen molar-refractivity contribution in [2.45, 2.75) is 13.0 Å². The second-order valence-electron chi connectivity index (χ2n) is 6.50. The van der Waals surface area contributed by atoms with E-state index >= 15 is 0 Å². The van der Waals surface area contributed by atoms with E-state index in [0.29, 0.717) is 11.3 Å². The van der Waals surface area contributed by atoms with Gasteiger partial charge in [0.25, 0.3) is 11.8 Å². The number of hydrogen-bond donors (Lipinski definition) is 2. The summed E-state index contributed by atoms with van der Waals surface area (Å²) in [6, 6.07) is 15.3. The van der Waals surface area contributed by atoms with E-state index in [-0.39, 0.29) is 5.57 Å². The summed E-state index contributed by atoms with van der Waals surface area (Å²) >= 11 is 0. The van der Waals surface area contributed by atoms with Gasteiger partial charge in [-0.1, -0.05) is 36.4 Å². The molecule has 0 bridgehead atoms. The Balaban J connectivity index is 1.79. The summed E-state index contributed by atoms with van der Waals surface area (Å²) in [5.41, 5.74) is 4.44. The minimum atomic E-state index is -0.968. The Morgan fingerprint density at radius 1 is 1.07 bits per heavy atom. The molecule has 1 unspecified atom stereocenters. The zero-order valence-electron chi connectivity index (χ0n) is 15.0. The van der Waals surface area contributed by atoms with Crippen molar-refractivity contribution in [3.05, 3.63) is 71.9 Å². The first-order valence-electron chi connectivity index (χ1n) is 8.72. The molecule has 28 heavy (non-hydrogen) atoms. The number of hydrogen-bond acceptors (Lipinski definition) is 3. The maximum atomic E-state index is 12.8. The summed E-state index contributed by atoms with van der Waals surface area (Å²) in [4.78, 5) is 36.6. The van der Waals surface area contributed by atoms with Crippen LogP contribution in [0.15, 0.2) is 66.4 Å². The highest BCUT2D eigenvalue weighted by Crippen LogP contribution is 2.28. The van der Waals surface area contributed by atoms with Crippen LogP contribution in [-0.4, -0.2) is 27.5 Å². The molecule has 1 fully saturated rings. The molecular formula is C21H17N3O4. The van der Waals surface area contributed by atoms with Crippen molar-refractivity contribution in [3.8, 4) is 0 Å². The molecule has 2 N–H and O–H groups in total. The fraction of sp³-hybridized carbons (Fsp3) is 0.0952. The third-order valence-corrected chi connectivity index (χ3v) is 4.75. The van der Waals surface area contributed by atoms with Gasteiger partial charge in [0.15, 0.2) is 0 Å². The molecule has 2 amide bonds. The number of anilines is 1. The molecule has 2 aromatic carbocycles. The number of para-hydroxylation sites is 2. The molecule has 1 saturated heterocycles. The largest absolute Gasteiger partial charge is 0.480 e. The normalized spacial score (nSPS) is 16.6. The van der Waals surface area contributed by atoms with Crippen LogP contribution in [0.25, 0.3) is 17.0 Å². The van der Waals surface area contributed by atoms with E-state index in [1.807, 2.05) is 30.3 Å². The predicted molar refractivity (Wildman–Crippen MR) is 104 cm³/mol. The van der Waals surface area contributed by atoms with Crippen LogP contribution in [0.4, 0.5) is 5.69 Å². The number of nitrogens with one attached hydrogen (secondary N) is 1. The van der Waals surface area contributed by atoms with Crippen LogP contribution in [0.1, 0.15) is 18.5 Å². The zero-order valence-corrected chi connectivity index (χ0v) is 15.0. The first-order chi connectivity index (χ1) is 13.5. The Morgan fingerprint density at radius 2 is 1.75 bits per heavy atom. The molecule has 1 aliphatic heterocycles. The molecule has 3 aromatic rings. The smallest absolute Gasteiger partial charge is 0.326 e. The molecular weight excluding hydrogens is 358 g/mol. The van der Waals surface area contributed by atoms with Crippen LogP contribution in [0, 0.1) is 0 Å². The standard InChI is InChI=1S/C21H17N3O4/c1-13(21(27)28)23-12-14(16-9-5-6-10-18(16)23)11-17-19(25)22-24(20(17)26)15-7-3-2-4-8-15/h2-13H,1H3,(H,22,25)(H,27,28). The van der Waals surface area contributed by atoms with Crippen molar-refractivity contribution in [1.29, 1.82) is 0 Å². The van der Waals surface area contributed by atoms with E-state index in [0.717, 1.165) is 10.9 Å². The first-order valence-corrected chi connectivity index (χ1v) is 8.72. The highest BCUT2D eigenvalue weighted by Gasteiger charge is 2.34. The van der Waals surface area contributed by atoms with Gasteiger partial charge >= 0.3 is 5.97 Å². The third-order valence-electron chi connectivity index (χ3n) is 4.75. The maximum Gasteiger partial charge on any atom is 0.326 e. The number of carbonyl (C=O) groups is 3. The molecule has 1 atom stereocenters. The molecule has 1 aromatic heterocycles. The van der Waals surface area contributed by atoms with Crippen LogP contribution in [-0.2, 0) is 14.4 Å². The maximum absolute atomic E-state index is 12.8. The quantitative estimate of drug-likeness (QED) is 0.542. The number of benzene rings is 2. The first kappa shape index (κ1) is 17.5. The summed E-state index contributed by atoms with van der Waals surface area (Å²) in [6.07, 6.45) is 3.16. The monoisotopic (exact) mass is 375 g/mol. The van der Waals surface area contributed by atoms with Crippen LogP contribution in [0.5, 0.6) is 0 Å². The summed E-state index contributed by atoms with van der Waals surface area (Å²) < 4.78 is 1.62. The Hall–Kier alpha value is -3.87. The highest BCUT2D eigenvalue weighted by molar-refractivity contribution is 6.32. The SMILES string of the molecule is CC(C(=O)O)n1cc(C=C2C(=O)NN(c3ccccc3)C2=O)c2ccccc21. The average Bonchev–Trinajstić information content (AvgIpc) is 3.21. The summed E-state index contributed by atoms with van der Waals surface area (Å²) in [5.74, 6) is -1.93. The third kappa shape index (κ3) is 2.83. The number of carboxylic acids is 1. The van der Waals surface area contributed by atoms with Crippen molar-refractivity contribution in [2.75, 3.05) is 5.01 Å². The summed E-state index contributed by atoms with van der Waals surface area (Å²) in [6.45, 7) is 1.58. The van der Waals surface area contributed by atoms with Crippen molar-refractivity contribution in [2.24, 2.45) is 0 Å². The molecule has 1 aliphatic rings. The Kier molecular flexibility index (Phi) is 4.19. The number of aliphatic carboxylic acids is 1. The zero-order chi connectivity index (χ0) is 19.8. The average molecular weight is 375 g/mol. The van der Waals surface area contributed by atoms with Gasteiger partial charge < -0.3 is 9.67 Å². The van der Waals surface area contributed by atoms with Gasteiger partial charge in [-0.15, -0.1) is 0 Å². The van der Waals surface area contributed by atoms with Gasteiger partial charge in [0.1, 0.15) is 11.6 Å². The van der Waals surface area contributed by atoms with Gasteiger partial charge in [-0.3, -0.25) is 15.0 Å². The Labute approximate surface area is 160 Å². The van der Waals surface area contributed by atoms with Crippen LogP contribution >= 0.6 is 0 Å². The topological polar surface area (TPSA) is 91.6 Å². The predicted octanol–water partition coefficient (Wildman–Crippen LogP) is 2.75. The van der Waals surface area contributed by atoms with E-state index in [2.05, 4.69) is 5.43 Å². The highest BCUT2D eigenvalue weighted by atomic mass is 16.4. The van der Waals surface area contributed by atoms with E-state index in [4.69, 9.17) is 0 Å². The van der Waals surface area contributed by atoms with Gasteiger partial charge in [0.2, 0.25) is 0 Å². The number of carbonyl (C=O) groups excluding carboxylic acids is 2. The van der Waals surface area contributed by atoms with Gasteiger partial charge in [-0.2, -0.15) is 0 Å². The van der Waals surface area contributed by atoms with Crippen LogP contribution < -0.4 is 10.4 Å². The number of fused-ring (bicyclic) bond motifs is 1. The minimum absolute atomic E-state index is 0.00488. The lowest BCUT2D eigenvalue weighted by Gasteiger charge is -2.13. The van der Waals surface area contributed by atoms with E-state index in [1.54, 1.807) is 42.0 Å². The lowest BCUT2D eigenvalue weighted by molar-refractivity contribution is -0.140. The second kappa shape index (κ2) is 6.70. The minimum Gasteiger partial charge on any atom is -0.480 e. The second-order valence-corrected chi connectivity index (χ2v) is 6.50. The molecule has 2 heterocycles. The van der Waals surface area contributed by atoms with E-state index < -0.39 is 23.8 Å². The number of carboxylic acid groups (broad SMARTS) is 1. The fourth-order valence-electron chi connectivity index (χ4n) is 3.26. The lowest BCUT2D eigenvalue weighted by atomic mass is 10.1. The van der Waals surface area contributed by atoms with Gasteiger partial charge in [-0.05, 0) is 31.2 Å². The van der Waals surface area contributed by atoms with Crippen LogP contribution in [0.2, 0.25) is 0 Å². The van der Waals surface area contributed by atoms with Crippen molar-refractivity contribution >= 4 is 40.4 Å². The molecule has 140 valence electrons. The number of aromatic nitrogens is 1. The van der Waals surface area contributed by atoms with Crippen molar-refractivity contribution < 1.29 is 19.5 Å². The molecule has 0 aliphatic carbocycles. The molecule has 0 radical (unpaired) electrons. The summed E-state index contributed by atoms with van der Waals surface area (Å²) in [5, 5.41) is 11.3. The summed E-state index contributed by atoms with van der Waals surface area (Å²) in [7, 11) is 0. The van der Waals surface area contributed by atoms with Crippen LogP contribution in [0.3, 0.4) is 0 Å². The van der Waals surface area contributed by atoms with Gasteiger partial charge in [0, 0.05) is 22.7 Å². The molecule has 4 rings (SSSR count). The van der Waals surface area contributed by atoms with Gasteiger partial charge in [-0.25, -0.2) is 9.80 Å².